The van der Waals surface area contributed by atoms with Crippen LogP contribution < -0.4 is 5.32 Å². The van der Waals surface area contributed by atoms with Gasteiger partial charge in [0.2, 0.25) is 5.91 Å². The molecule has 0 saturated carbocycles. The van der Waals surface area contributed by atoms with Gasteiger partial charge < -0.3 is 14.8 Å². The summed E-state index contributed by atoms with van der Waals surface area (Å²) in [6.45, 7) is 2.99. The third kappa shape index (κ3) is 8.06. The number of carbonyl (C=O) groups excluding carboxylic acids is 1. The molecule has 1 N–H and O–H groups in total. The second-order valence-corrected chi connectivity index (χ2v) is 5.33. The summed E-state index contributed by atoms with van der Waals surface area (Å²) in [5.41, 5.74) is 0. The van der Waals surface area contributed by atoms with E-state index in [-0.39, 0.29) is 5.91 Å². The summed E-state index contributed by atoms with van der Waals surface area (Å²) in [4.78, 5) is 11.6. The smallest absolute Gasteiger partial charge is 0.220 e. The summed E-state index contributed by atoms with van der Waals surface area (Å²) < 4.78 is 10.9. The Labute approximate surface area is 118 Å². The number of amides is 1. The molecule has 0 aliphatic carbocycles. The number of halogens is 1. The molecule has 1 unspecified atom stereocenters. The molecule has 0 spiro atoms. The van der Waals surface area contributed by atoms with Crippen LogP contribution >= 0.6 is 15.9 Å². The lowest BCUT2D eigenvalue weighted by atomic mass is 10.0. The van der Waals surface area contributed by atoms with Crippen molar-refractivity contribution in [3.8, 4) is 0 Å². The van der Waals surface area contributed by atoms with Crippen molar-refractivity contribution in [3.05, 3.63) is 0 Å². The fourth-order valence-electron chi connectivity index (χ4n) is 1.97. The molecule has 1 atom stereocenters. The molecule has 0 radical (unpaired) electrons. The van der Waals surface area contributed by atoms with E-state index in [1.807, 2.05) is 0 Å². The molecule has 0 aromatic rings. The third-order valence-electron chi connectivity index (χ3n) is 2.98. The van der Waals surface area contributed by atoms with Gasteiger partial charge >= 0.3 is 0 Å². The molecule has 18 heavy (non-hydrogen) atoms. The fourth-order valence-corrected chi connectivity index (χ4v) is 2.20. The van der Waals surface area contributed by atoms with Gasteiger partial charge in [0, 0.05) is 31.5 Å². The van der Waals surface area contributed by atoms with Crippen LogP contribution in [0.5, 0.6) is 0 Å². The van der Waals surface area contributed by atoms with Gasteiger partial charge in [0.1, 0.15) is 0 Å². The number of ether oxygens (including phenoxy) is 2. The zero-order valence-electron chi connectivity index (χ0n) is 11.0. The number of rotatable bonds is 9. The summed E-state index contributed by atoms with van der Waals surface area (Å²) in [6.07, 6.45) is 6.10. The second-order valence-electron chi connectivity index (χ2n) is 4.53. The van der Waals surface area contributed by atoms with E-state index >= 15 is 0 Å². The molecule has 0 bridgehead atoms. The Bertz CT molecular complexity index is 220. The lowest BCUT2D eigenvalue weighted by Gasteiger charge is -2.22. The van der Waals surface area contributed by atoms with Crippen molar-refractivity contribution in [2.24, 2.45) is 0 Å². The van der Waals surface area contributed by atoms with Gasteiger partial charge in [0.05, 0.1) is 12.7 Å². The van der Waals surface area contributed by atoms with Crippen LogP contribution in [0.2, 0.25) is 0 Å². The third-order valence-corrected chi connectivity index (χ3v) is 3.30. The first-order valence-corrected chi connectivity index (χ1v) is 7.97. The average Bonchev–Trinajstić information content (AvgIpc) is 2.41. The van der Waals surface area contributed by atoms with Crippen molar-refractivity contribution < 1.29 is 14.3 Å². The van der Waals surface area contributed by atoms with Crippen LogP contribution in [0, 0.1) is 0 Å². The van der Waals surface area contributed by atoms with Crippen molar-refractivity contribution in [2.75, 3.05) is 31.7 Å². The average molecular weight is 322 g/mol. The summed E-state index contributed by atoms with van der Waals surface area (Å²) in [7, 11) is 0. The summed E-state index contributed by atoms with van der Waals surface area (Å²) in [5.74, 6) is 0.129. The van der Waals surface area contributed by atoms with E-state index in [1.54, 1.807) is 0 Å². The van der Waals surface area contributed by atoms with E-state index < -0.39 is 0 Å². The number of hydrogen-bond donors (Lipinski definition) is 1. The molecule has 1 saturated heterocycles. The molecule has 1 rings (SSSR count). The Kier molecular flexibility index (Phi) is 9.52. The molecular formula is C13H24BrNO3. The quantitative estimate of drug-likeness (QED) is 0.523. The van der Waals surface area contributed by atoms with Crippen LogP contribution in [0.25, 0.3) is 0 Å². The maximum absolute atomic E-state index is 11.6. The van der Waals surface area contributed by atoms with Crippen LogP contribution in [0.1, 0.15) is 38.5 Å². The highest BCUT2D eigenvalue weighted by Crippen LogP contribution is 2.16. The van der Waals surface area contributed by atoms with Gasteiger partial charge in [-0.15, -0.1) is 0 Å². The number of nitrogens with one attached hydrogen (secondary N) is 1. The molecular weight excluding hydrogens is 298 g/mol. The maximum Gasteiger partial charge on any atom is 0.220 e. The minimum atomic E-state index is 0.129. The van der Waals surface area contributed by atoms with Gasteiger partial charge in [-0.25, -0.2) is 0 Å². The minimum absolute atomic E-state index is 0.129. The lowest BCUT2D eigenvalue weighted by molar-refractivity contribution is -0.122. The van der Waals surface area contributed by atoms with Gasteiger partial charge in [-0.05, 0) is 32.1 Å². The molecule has 1 fully saturated rings. The lowest BCUT2D eigenvalue weighted by Crippen LogP contribution is -2.27. The van der Waals surface area contributed by atoms with E-state index in [2.05, 4.69) is 21.2 Å². The van der Waals surface area contributed by atoms with Gasteiger partial charge in [0.15, 0.2) is 0 Å². The molecule has 1 amide bonds. The zero-order chi connectivity index (χ0) is 13.1. The fraction of sp³-hybridized carbons (Fsp3) is 0.923. The van der Waals surface area contributed by atoms with E-state index in [9.17, 15) is 4.79 Å². The van der Waals surface area contributed by atoms with Crippen LogP contribution in [0.4, 0.5) is 0 Å². The summed E-state index contributed by atoms with van der Waals surface area (Å²) >= 11 is 3.29. The van der Waals surface area contributed by atoms with Crippen LogP contribution in [0.15, 0.2) is 0 Å². The normalized spacial score (nSPS) is 19.7. The van der Waals surface area contributed by atoms with Crippen molar-refractivity contribution in [1.82, 2.24) is 5.32 Å². The van der Waals surface area contributed by atoms with Crippen molar-refractivity contribution >= 4 is 21.8 Å². The van der Waals surface area contributed by atoms with Crippen molar-refractivity contribution in [1.29, 1.82) is 0 Å². The van der Waals surface area contributed by atoms with Crippen LogP contribution in [-0.4, -0.2) is 43.7 Å². The predicted octanol–water partition coefficient (Wildman–Crippen LogP) is 2.25. The Morgan fingerprint density at radius 1 is 1.39 bits per heavy atom. The Morgan fingerprint density at radius 3 is 3.00 bits per heavy atom. The highest BCUT2D eigenvalue weighted by atomic mass is 79.9. The van der Waals surface area contributed by atoms with E-state index in [1.165, 1.54) is 6.42 Å². The summed E-state index contributed by atoms with van der Waals surface area (Å²) in [5, 5.41) is 3.77. The zero-order valence-corrected chi connectivity index (χ0v) is 12.5. The number of alkyl halides is 1. The minimum Gasteiger partial charge on any atom is -0.381 e. The first kappa shape index (κ1) is 15.9. The number of carbonyl (C=O) groups is 1. The standard InChI is InChI=1S/C13H24BrNO3/c14-7-11-17-9-3-8-15-13(16)6-5-12-4-1-2-10-18-12/h12H,1-11H2,(H,15,16). The first-order valence-electron chi connectivity index (χ1n) is 6.85. The highest BCUT2D eigenvalue weighted by Gasteiger charge is 2.14. The molecule has 106 valence electrons. The Hall–Kier alpha value is -0.130. The van der Waals surface area contributed by atoms with Crippen LogP contribution in [-0.2, 0) is 14.3 Å². The van der Waals surface area contributed by atoms with E-state index in [0.717, 1.165) is 44.2 Å². The van der Waals surface area contributed by atoms with E-state index in [0.29, 0.717) is 25.7 Å². The maximum atomic E-state index is 11.6. The van der Waals surface area contributed by atoms with Gasteiger partial charge in [-0.1, -0.05) is 15.9 Å². The monoisotopic (exact) mass is 321 g/mol. The second kappa shape index (κ2) is 10.8. The SMILES string of the molecule is O=C(CCC1CCCCO1)NCCCOCCBr. The first-order chi connectivity index (χ1) is 8.83. The Morgan fingerprint density at radius 2 is 2.28 bits per heavy atom. The Balaban J connectivity index is 1.90. The predicted molar refractivity (Wildman–Crippen MR) is 75.1 cm³/mol. The molecule has 5 heteroatoms. The molecule has 1 aliphatic heterocycles. The molecule has 0 aromatic heterocycles. The molecule has 1 heterocycles. The molecule has 0 aromatic carbocycles. The molecule has 1 aliphatic rings. The van der Waals surface area contributed by atoms with Crippen molar-refractivity contribution in [3.63, 3.8) is 0 Å². The summed E-state index contributed by atoms with van der Waals surface area (Å²) in [6, 6.07) is 0. The van der Waals surface area contributed by atoms with Crippen molar-refractivity contribution in [2.45, 2.75) is 44.6 Å². The van der Waals surface area contributed by atoms with Gasteiger partial charge in [-0.3, -0.25) is 4.79 Å². The molecule has 4 nitrogen and oxygen atoms in total. The van der Waals surface area contributed by atoms with Crippen LogP contribution in [0.3, 0.4) is 0 Å². The van der Waals surface area contributed by atoms with Gasteiger partial charge in [0.25, 0.3) is 0 Å². The highest BCUT2D eigenvalue weighted by molar-refractivity contribution is 9.09. The van der Waals surface area contributed by atoms with E-state index in [4.69, 9.17) is 9.47 Å². The van der Waals surface area contributed by atoms with Gasteiger partial charge in [-0.2, -0.15) is 0 Å². The topological polar surface area (TPSA) is 47.6 Å². The number of hydrogen-bond acceptors (Lipinski definition) is 3. The largest absolute Gasteiger partial charge is 0.381 e.